The Morgan fingerprint density at radius 1 is 0.958 bits per heavy atom. The van der Waals surface area contributed by atoms with Crippen LogP contribution in [0.5, 0.6) is 0 Å². The zero-order chi connectivity index (χ0) is 35.4. The highest BCUT2D eigenvalue weighted by molar-refractivity contribution is 5.92. The second-order valence-electron chi connectivity index (χ2n) is 14.3. The van der Waals surface area contributed by atoms with Gasteiger partial charge >= 0.3 is 12.2 Å². The number of hydrogen-bond acceptors (Lipinski definition) is 7. The van der Waals surface area contributed by atoms with Crippen molar-refractivity contribution in [3.05, 3.63) is 83.3 Å². The fourth-order valence-electron chi connectivity index (χ4n) is 5.52. The molecule has 0 radical (unpaired) electrons. The molecule has 2 aromatic carbocycles. The van der Waals surface area contributed by atoms with E-state index >= 15 is 0 Å². The van der Waals surface area contributed by atoms with Crippen LogP contribution in [-0.2, 0) is 37.0 Å². The molecule has 2 heterocycles. The van der Waals surface area contributed by atoms with E-state index in [1.807, 2.05) is 51.1 Å². The summed E-state index contributed by atoms with van der Waals surface area (Å²) in [6, 6.07) is 12.6. The monoisotopic (exact) mass is 666 g/mol. The van der Waals surface area contributed by atoms with Gasteiger partial charge in [-0.2, -0.15) is 0 Å². The van der Waals surface area contributed by atoms with Crippen molar-refractivity contribution in [1.82, 2.24) is 20.0 Å². The first-order chi connectivity index (χ1) is 22.5. The van der Waals surface area contributed by atoms with E-state index in [-0.39, 0.29) is 38.0 Å². The number of likely N-dealkylation sites (tertiary alicyclic amines) is 1. The molecule has 11 nitrogen and oxygen atoms in total. The van der Waals surface area contributed by atoms with E-state index in [2.05, 4.69) is 5.32 Å². The van der Waals surface area contributed by atoms with Gasteiger partial charge in [-0.1, -0.05) is 63.2 Å². The van der Waals surface area contributed by atoms with Crippen LogP contribution in [0.25, 0.3) is 0 Å². The maximum Gasteiger partial charge on any atom is 0.414 e. The van der Waals surface area contributed by atoms with Gasteiger partial charge in [0.05, 0.1) is 13.2 Å². The third kappa shape index (κ3) is 8.91. The zero-order valence-corrected chi connectivity index (χ0v) is 29.0. The molecule has 1 fully saturated rings. The summed E-state index contributed by atoms with van der Waals surface area (Å²) >= 11 is 0. The van der Waals surface area contributed by atoms with Crippen LogP contribution in [0.15, 0.2) is 66.4 Å². The van der Waals surface area contributed by atoms with E-state index in [4.69, 9.17) is 14.2 Å². The van der Waals surface area contributed by atoms with Crippen LogP contribution in [0.3, 0.4) is 0 Å². The molecule has 0 aromatic heterocycles. The summed E-state index contributed by atoms with van der Waals surface area (Å²) in [5.41, 5.74) is 0.651. The van der Waals surface area contributed by atoms with Gasteiger partial charge in [-0.25, -0.2) is 14.0 Å². The van der Waals surface area contributed by atoms with E-state index in [1.54, 1.807) is 50.8 Å². The Labute approximate surface area is 282 Å². The number of nitrogens with zero attached hydrogens (tertiary/aromatic N) is 3. The lowest BCUT2D eigenvalue weighted by Gasteiger charge is -2.37. The Kier molecular flexibility index (Phi) is 11.2. The van der Waals surface area contributed by atoms with Crippen LogP contribution in [-0.4, -0.2) is 88.7 Å². The predicted octanol–water partition coefficient (Wildman–Crippen LogP) is 5.24. The van der Waals surface area contributed by atoms with Gasteiger partial charge in [-0.05, 0) is 62.4 Å². The van der Waals surface area contributed by atoms with E-state index in [0.29, 0.717) is 5.70 Å². The third-order valence-corrected chi connectivity index (χ3v) is 8.29. The fourth-order valence-corrected chi connectivity index (χ4v) is 5.52. The van der Waals surface area contributed by atoms with Crippen molar-refractivity contribution in [2.75, 3.05) is 20.1 Å². The second-order valence-corrected chi connectivity index (χ2v) is 14.3. The van der Waals surface area contributed by atoms with E-state index < -0.39 is 53.3 Å². The molecule has 0 bridgehead atoms. The Hall–Kier alpha value is -4.45. The summed E-state index contributed by atoms with van der Waals surface area (Å²) in [5, 5.41) is 2.88. The molecule has 48 heavy (non-hydrogen) atoms. The lowest BCUT2D eigenvalue weighted by atomic mass is 9.85. The summed E-state index contributed by atoms with van der Waals surface area (Å²) < 4.78 is 30.8. The van der Waals surface area contributed by atoms with Gasteiger partial charge in [0.1, 0.15) is 42.3 Å². The fraction of sp³-hybridized carbons (Fsp3) is 0.500. The molecule has 4 rings (SSSR count). The van der Waals surface area contributed by atoms with Crippen molar-refractivity contribution >= 4 is 24.0 Å². The van der Waals surface area contributed by atoms with Gasteiger partial charge in [-0.15, -0.1) is 0 Å². The summed E-state index contributed by atoms with van der Waals surface area (Å²) in [7, 11) is 1.47. The smallest absolute Gasteiger partial charge is 0.414 e. The van der Waals surface area contributed by atoms with Crippen LogP contribution < -0.4 is 5.32 Å². The molecular weight excluding hydrogens is 619 g/mol. The number of rotatable bonds is 9. The van der Waals surface area contributed by atoms with Crippen LogP contribution in [0.1, 0.15) is 59.6 Å². The summed E-state index contributed by atoms with van der Waals surface area (Å²) in [5.74, 6) is -1.26. The molecule has 2 aliphatic heterocycles. The van der Waals surface area contributed by atoms with Crippen LogP contribution in [0, 0.1) is 11.2 Å². The topological polar surface area (TPSA) is 118 Å². The number of ether oxygens (including phenoxy) is 3. The molecule has 2 aromatic rings. The average Bonchev–Trinajstić information content (AvgIpc) is 3.61. The number of benzene rings is 2. The van der Waals surface area contributed by atoms with E-state index in [1.165, 1.54) is 29.0 Å². The van der Waals surface area contributed by atoms with Gasteiger partial charge < -0.3 is 24.4 Å². The first kappa shape index (κ1) is 36.4. The lowest BCUT2D eigenvalue weighted by Crippen LogP contribution is -2.60. The molecule has 0 spiro atoms. The van der Waals surface area contributed by atoms with Gasteiger partial charge in [0.25, 0.3) is 0 Å². The minimum Gasteiger partial charge on any atom is -0.445 e. The number of amides is 4. The minimum atomic E-state index is -0.984. The minimum absolute atomic E-state index is 0.0534. The third-order valence-electron chi connectivity index (χ3n) is 8.29. The quantitative estimate of drug-likeness (QED) is 0.389. The number of likely N-dealkylation sites (N-methyl/N-ethyl adjacent to an activating group) is 1. The second kappa shape index (κ2) is 14.8. The Morgan fingerprint density at radius 3 is 2.19 bits per heavy atom. The molecule has 4 amide bonds. The zero-order valence-electron chi connectivity index (χ0n) is 29.0. The predicted molar refractivity (Wildman–Crippen MR) is 177 cm³/mol. The first-order valence-corrected chi connectivity index (χ1v) is 16.1. The standard InChI is InChI=1S/C36H47FN4O7/c1-23(39(8)33(44)47-22-24-12-10-9-11-13-24)31(42)38-30(35(2,3)4)32(43)40-19-18-27-29(40)28(20-41(27)34(45)48-36(5,6)7)46-21-25-14-16-26(37)17-15-25/h9-18,23,28-30H,19-22H2,1-8H3,(H,38,42). The first-order valence-electron chi connectivity index (χ1n) is 16.1. The van der Waals surface area contributed by atoms with Crippen molar-refractivity contribution in [2.45, 2.75) is 91.5 Å². The summed E-state index contributed by atoms with van der Waals surface area (Å²) in [6.07, 6.45) is -0.0597. The summed E-state index contributed by atoms with van der Waals surface area (Å²) in [6.45, 7) is 12.9. The van der Waals surface area contributed by atoms with Crippen molar-refractivity contribution < 1.29 is 37.8 Å². The normalized spacial score (nSPS) is 18.8. The number of carbonyl (C=O) groups excluding carboxylic acids is 4. The Balaban J connectivity index is 1.50. The highest BCUT2D eigenvalue weighted by Crippen LogP contribution is 2.36. The molecule has 260 valence electrons. The van der Waals surface area contributed by atoms with Crippen LogP contribution in [0.2, 0.25) is 0 Å². The molecule has 12 heteroatoms. The van der Waals surface area contributed by atoms with Crippen LogP contribution >= 0.6 is 0 Å². The van der Waals surface area contributed by atoms with E-state index in [9.17, 15) is 23.6 Å². The van der Waals surface area contributed by atoms with Gasteiger partial charge in [0.2, 0.25) is 11.8 Å². The van der Waals surface area contributed by atoms with Crippen molar-refractivity contribution in [1.29, 1.82) is 0 Å². The average molecular weight is 667 g/mol. The molecule has 0 aliphatic carbocycles. The Bertz CT molecular complexity index is 1500. The number of carbonyl (C=O) groups is 4. The largest absolute Gasteiger partial charge is 0.445 e. The molecule has 2 aliphatic rings. The molecule has 4 unspecified atom stereocenters. The number of hydrogen-bond donors (Lipinski definition) is 1. The molecule has 4 atom stereocenters. The molecule has 0 saturated carbocycles. The lowest BCUT2D eigenvalue weighted by molar-refractivity contribution is -0.142. The summed E-state index contributed by atoms with van der Waals surface area (Å²) in [4.78, 5) is 58.2. The van der Waals surface area contributed by atoms with Gasteiger partial charge in [0.15, 0.2) is 0 Å². The van der Waals surface area contributed by atoms with E-state index in [0.717, 1.165) is 11.1 Å². The van der Waals surface area contributed by atoms with Gasteiger partial charge in [0, 0.05) is 19.3 Å². The van der Waals surface area contributed by atoms with Crippen molar-refractivity contribution in [3.63, 3.8) is 0 Å². The van der Waals surface area contributed by atoms with Crippen LogP contribution in [0.4, 0.5) is 14.0 Å². The maximum absolute atomic E-state index is 14.4. The molecule has 1 saturated heterocycles. The Morgan fingerprint density at radius 2 is 1.58 bits per heavy atom. The molecular formula is C36H47FN4O7. The van der Waals surface area contributed by atoms with Gasteiger partial charge in [-0.3, -0.25) is 19.4 Å². The SMILES string of the molecule is CC(C(=O)NC(C(=O)N1CC=C2C1C(OCc1ccc(F)cc1)CN2C(=O)OC(C)(C)C)C(C)(C)C)N(C)C(=O)OCc1ccccc1. The number of halogens is 1. The van der Waals surface area contributed by atoms with Crippen molar-refractivity contribution in [3.8, 4) is 0 Å². The molecule has 1 N–H and O–H groups in total. The van der Waals surface area contributed by atoms with Crippen molar-refractivity contribution in [2.24, 2.45) is 5.41 Å². The highest BCUT2D eigenvalue weighted by atomic mass is 19.1. The number of nitrogens with one attached hydrogen (secondary N) is 1. The highest BCUT2D eigenvalue weighted by Gasteiger charge is 2.51. The number of fused-ring (bicyclic) bond motifs is 1. The maximum atomic E-state index is 14.4.